The molecule has 1 aliphatic rings. The van der Waals surface area contributed by atoms with E-state index in [4.69, 9.17) is 9.47 Å². The zero-order chi connectivity index (χ0) is 11.5. The highest BCUT2D eigenvalue weighted by molar-refractivity contribution is 7.10. The largest absolute Gasteiger partial charge is 0.346 e. The molecular formula is C12H15NO2S. The van der Waals surface area contributed by atoms with Gasteiger partial charge in [0.15, 0.2) is 6.29 Å². The Hall–Kier alpha value is -0.890. The fraction of sp³-hybridized carbons (Fsp3) is 0.583. The second kappa shape index (κ2) is 4.96. The summed E-state index contributed by atoms with van der Waals surface area (Å²) in [4.78, 5) is 1.09. The molecule has 0 bridgehead atoms. The molecule has 0 amide bonds. The van der Waals surface area contributed by atoms with Gasteiger partial charge in [0.2, 0.25) is 0 Å². The number of thiophene rings is 1. The molecule has 4 heteroatoms. The van der Waals surface area contributed by atoms with E-state index >= 15 is 0 Å². The summed E-state index contributed by atoms with van der Waals surface area (Å²) < 4.78 is 11.0. The van der Waals surface area contributed by atoms with E-state index < -0.39 is 0 Å². The highest BCUT2D eigenvalue weighted by atomic mass is 32.1. The number of rotatable bonds is 3. The first-order valence-electron chi connectivity index (χ1n) is 5.44. The monoisotopic (exact) mass is 237 g/mol. The Morgan fingerprint density at radius 2 is 2.12 bits per heavy atom. The van der Waals surface area contributed by atoms with Gasteiger partial charge in [-0.2, -0.15) is 5.26 Å². The molecule has 0 saturated carbocycles. The van der Waals surface area contributed by atoms with Crippen molar-refractivity contribution in [3.63, 3.8) is 0 Å². The van der Waals surface area contributed by atoms with Gasteiger partial charge < -0.3 is 9.47 Å². The summed E-state index contributed by atoms with van der Waals surface area (Å²) in [5.41, 5.74) is 1.03. The topological polar surface area (TPSA) is 42.2 Å². The molecule has 2 rings (SSSR count). The maximum absolute atomic E-state index is 9.21. The summed E-state index contributed by atoms with van der Waals surface area (Å²) in [6, 6.07) is 4.37. The Labute approximate surface area is 99.6 Å². The fourth-order valence-corrected chi connectivity index (χ4v) is 2.96. The predicted molar refractivity (Wildman–Crippen MR) is 62.2 cm³/mol. The quantitative estimate of drug-likeness (QED) is 0.811. The highest BCUT2D eigenvalue weighted by Gasteiger charge is 2.27. The minimum atomic E-state index is -0.268. The van der Waals surface area contributed by atoms with E-state index in [-0.39, 0.29) is 12.2 Å². The summed E-state index contributed by atoms with van der Waals surface area (Å²) in [5, 5.41) is 11.2. The van der Waals surface area contributed by atoms with Crippen LogP contribution in [0.5, 0.6) is 0 Å². The molecule has 1 saturated heterocycles. The molecule has 3 nitrogen and oxygen atoms in total. The van der Waals surface area contributed by atoms with Crippen LogP contribution in [0.1, 0.15) is 36.5 Å². The molecule has 0 spiro atoms. The number of hydrogen-bond donors (Lipinski definition) is 0. The van der Waals surface area contributed by atoms with Crippen LogP contribution in [0.2, 0.25) is 0 Å². The van der Waals surface area contributed by atoms with Gasteiger partial charge >= 0.3 is 0 Å². The van der Waals surface area contributed by atoms with E-state index in [1.807, 2.05) is 11.4 Å². The first-order chi connectivity index (χ1) is 7.74. The lowest BCUT2D eigenvalue weighted by molar-refractivity contribution is -0.0445. The molecule has 0 N–H and O–H groups in total. The standard InChI is InChI=1S/C12H15NO2S/c1-8(2)10(7-13)11-9(3-6-16-11)12-14-4-5-15-12/h3,6,8,10,12H,4-5H2,1-2H3. The second-order valence-corrected chi connectivity index (χ2v) is 5.11. The minimum Gasteiger partial charge on any atom is -0.346 e. The molecule has 1 aromatic heterocycles. The average molecular weight is 237 g/mol. The minimum absolute atomic E-state index is 0.0669. The Bertz CT molecular complexity index is 388. The van der Waals surface area contributed by atoms with E-state index in [2.05, 4.69) is 19.9 Å². The van der Waals surface area contributed by atoms with Crippen LogP contribution in [0.25, 0.3) is 0 Å². The van der Waals surface area contributed by atoms with E-state index in [9.17, 15) is 5.26 Å². The highest BCUT2D eigenvalue weighted by Crippen LogP contribution is 2.37. The van der Waals surface area contributed by atoms with Gasteiger partial charge in [-0.1, -0.05) is 13.8 Å². The molecule has 86 valence electrons. The van der Waals surface area contributed by atoms with Crippen molar-refractivity contribution in [1.82, 2.24) is 0 Å². The first kappa shape index (κ1) is 11.6. The van der Waals surface area contributed by atoms with Crippen LogP contribution in [0.4, 0.5) is 0 Å². The maximum Gasteiger partial charge on any atom is 0.185 e. The lowest BCUT2D eigenvalue weighted by Gasteiger charge is -2.16. The van der Waals surface area contributed by atoms with Crippen molar-refractivity contribution in [2.45, 2.75) is 26.1 Å². The number of nitriles is 1. The van der Waals surface area contributed by atoms with Crippen molar-refractivity contribution < 1.29 is 9.47 Å². The third-order valence-corrected chi connectivity index (χ3v) is 3.71. The van der Waals surface area contributed by atoms with Crippen LogP contribution in [-0.2, 0) is 9.47 Å². The van der Waals surface area contributed by atoms with Crippen LogP contribution < -0.4 is 0 Å². The molecular weight excluding hydrogens is 222 g/mol. The molecule has 0 aliphatic carbocycles. The average Bonchev–Trinajstić information content (AvgIpc) is 2.86. The van der Waals surface area contributed by atoms with E-state index in [1.54, 1.807) is 11.3 Å². The molecule has 1 fully saturated rings. The molecule has 0 aromatic carbocycles. The van der Waals surface area contributed by atoms with Gasteiger partial charge in [0.1, 0.15) is 0 Å². The Morgan fingerprint density at radius 1 is 1.44 bits per heavy atom. The van der Waals surface area contributed by atoms with E-state index in [0.717, 1.165) is 10.4 Å². The van der Waals surface area contributed by atoms with Gasteiger partial charge in [-0.05, 0) is 17.4 Å². The smallest absolute Gasteiger partial charge is 0.185 e. The van der Waals surface area contributed by atoms with Crippen molar-refractivity contribution in [3.8, 4) is 6.07 Å². The molecule has 1 aliphatic heterocycles. The van der Waals surface area contributed by atoms with Crippen molar-refractivity contribution in [2.75, 3.05) is 13.2 Å². The molecule has 1 unspecified atom stereocenters. The van der Waals surface area contributed by atoms with Gasteiger partial charge in [0.25, 0.3) is 0 Å². The van der Waals surface area contributed by atoms with Gasteiger partial charge in [0, 0.05) is 10.4 Å². The van der Waals surface area contributed by atoms with Crippen molar-refractivity contribution in [3.05, 3.63) is 21.9 Å². The van der Waals surface area contributed by atoms with Gasteiger partial charge in [-0.25, -0.2) is 0 Å². The summed E-state index contributed by atoms with van der Waals surface area (Å²) >= 11 is 1.61. The Kier molecular flexibility index (Phi) is 3.59. The first-order valence-corrected chi connectivity index (χ1v) is 6.32. The predicted octanol–water partition coefficient (Wildman–Crippen LogP) is 3.06. The molecule has 1 atom stereocenters. The molecule has 1 aromatic rings. The Morgan fingerprint density at radius 3 is 2.69 bits per heavy atom. The number of ether oxygens (including phenoxy) is 2. The van der Waals surface area contributed by atoms with Crippen LogP contribution in [0, 0.1) is 17.2 Å². The summed E-state index contributed by atoms with van der Waals surface area (Å²) in [5.74, 6) is 0.242. The van der Waals surface area contributed by atoms with Gasteiger partial charge in [0.05, 0.1) is 25.2 Å². The molecule has 2 heterocycles. The van der Waals surface area contributed by atoms with Crippen molar-refractivity contribution >= 4 is 11.3 Å². The van der Waals surface area contributed by atoms with Gasteiger partial charge in [-0.3, -0.25) is 0 Å². The summed E-state index contributed by atoms with van der Waals surface area (Å²) in [6.45, 7) is 5.40. The normalized spacial score (nSPS) is 18.9. The van der Waals surface area contributed by atoms with Crippen molar-refractivity contribution in [2.24, 2.45) is 5.92 Å². The van der Waals surface area contributed by atoms with Crippen molar-refractivity contribution in [1.29, 1.82) is 5.26 Å². The second-order valence-electron chi connectivity index (χ2n) is 4.16. The van der Waals surface area contributed by atoms with Crippen LogP contribution in [0.3, 0.4) is 0 Å². The SMILES string of the molecule is CC(C)C(C#N)c1sccc1C1OCCO1. The van der Waals surface area contributed by atoms with Crippen LogP contribution in [-0.4, -0.2) is 13.2 Å². The lowest BCUT2D eigenvalue weighted by Crippen LogP contribution is -2.07. The molecule has 0 radical (unpaired) electrons. The van der Waals surface area contributed by atoms with E-state index in [1.165, 1.54) is 0 Å². The number of hydrogen-bond acceptors (Lipinski definition) is 4. The maximum atomic E-state index is 9.21. The zero-order valence-corrected chi connectivity index (χ0v) is 10.3. The zero-order valence-electron chi connectivity index (χ0n) is 9.47. The van der Waals surface area contributed by atoms with Crippen LogP contribution in [0.15, 0.2) is 11.4 Å². The van der Waals surface area contributed by atoms with E-state index in [0.29, 0.717) is 19.1 Å². The molecule has 16 heavy (non-hydrogen) atoms. The van der Waals surface area contributed by atoms with Crippen LogP contribution >= 0.6 is 11.3 Å². The van der Waals surface area contributed by atoms with Gasteiger partial charge in [-0.15, -0.1) is 11.3 Å². The third kappa shape index (κ3) is 2.12. The number of nitrogens with zero attached hydrogens (tertiary/aromatic N) is 1. The summed E-state index contributed by atoms with van der Waals surface area (Å²) in [6.07, 6.45) is -0.268. The third-order valence-electron chi connectivity index (χ3n) is 2.69. The Balaban J connectivity index is 2.27. The lowest BCUT2D eigenvalue weighted by atomic mass is 9.93. The summed E-state index contributed by atoms with van der Waals surface area (Å²) in [7, 11) is 0. The fourth-order valence-electron chi connectivity index (χ4n) is 1.83.